The summed E-state index contributed by atoms with van der Waals surface area (Å²) in [6.45, 7) is 4.64. The van der Waals surface area contributed by atoms with E-state index in [1.165, 1.54) is 33.4 Å². The Kier molecular flexibility index (Phi) is 3.51. The topological polar surface area (TPSA) is 30.7 Å². The van der Waals surface area contributed by atoms with Crippen molar-refractivity contribution in [2.24, 2.45) is 0 Å². The third kappa shape index (κ3) is 2.38. The molecule has 0 saturated heterocycles. The fraction of sp³-hybridized carbons (Fsp3) is 0.111. The van der Waals surface area contributed by atoms with E-state index in [4.69, 9.17) is 0 Å². The molecule has 1 heterocycles. The van der Waals surface area contributed by atoms with Gasteiger partial charge in [-0.25, -0.2) is 4.68 Å². The van der Waals surface area contributed by atoms with Crippen LogP contribution in [0.3, 0.4) is 0 Å². The Bertz CT molecular complexity index is 1410. The summed E-state index contributed by atoms with van der Waals surface area (Å²) in [5.41, 5.74) is 10.9. The molecule has 0 amide bonds. The van der Waals surface area contributed by atoms with Crippen molar-refractivity contribution >= 4 is 11.0 Å². The maximum Gasteiger partial charge on any atom is 0.113 e. The molecule has 4 aromatic carbocycles. The molecule has 5 aromatic rings. The van der Waals surface area contributed by atoms with Crippen LogP contribution >= 0.6 is 0 Å². The number of benzene rings is 4. The minimum Gasteiger partial charge on any atom is -0.213 e. The van der Waals surface area contributed by atoms with Gasteiger partial charge in [0, 0.05) is 5.41 Å². The number of aromatic nitrogens is 3. The normalized spacial score (nSPS) is 13.9. The summed E-state index contributed by atoms with van der Waals surface area (Å²) in [6, 6.07) is 32.2. The van der Waals surface area contributed by atoms with Crippen molar-refractivity contribution in [1.29, 1.82) is 0 Å². The molecular formula is C27H21N3. The maximum absolute atomic E-state index is 4.32. The molecule has 0 atom stereocenters. The zero-order chi connectivity index (χ0) is 20.3. The Morgan fingerprint density at radius 3 is 2.23 bits per heavy atom. The minimum absolute atomic E-state index is 0.0154. The van der Waals surface area contributed by atoms with E-state index in [2.05, 4.69) is 90.9 Å². The highest BCUT2D eigenvalue weighted by molar-refractivity contribution is 5.83. The SMILES string of the molecule is CC1(C)c2ccccc2-c2ccc(-c3ccc(-n4nnc5ccccc54)cc3)cc21. The molecule has 0 spiro atoms. The third-order valence-electron chi connectivity index (χ3n) is 6.38. The van der Waals surface area contributed by atoms with Crippen LogP contribution in [0.4, 0.5) is 0 Å². The molecule has 0 bridgehead atoms. The Morgan fingerprint density at radius 1 is 0.667 bits per heavy atom. The van der Waals surface area contributed by atoms with Crippen LogP contribution < -0.4 is 0 Å². The Morgan fingerprint density at radius 2 is 1.37 bits per heavy atom. The molecule has 0 saturated carbocycles. The Balaban J connectivity index is 1.41. The largest absolute Gasteiger partial charge is 0.213 e. The molecular weight excluding hydrogens is 366 g/mol. The van der Waals surface area contributed by atoms with Gasteiger partial charge in [-0.1, -0.05) is 79.7 Å². The maximum atomic E-state index is 4.32. The van der Waals surface area contributed by atoms with Crippen LogP contribution in [0.15, 0.2) is 91.0 Å². The smallest absolute Gasteiger partial charge is 0.113 e. The summed E-state index contributed by atoms with van der Waals surface area (Å²) in [4.78, 5) is 0. The van der Waals surface area contributed by atoms with Crippen LogP contribution in [0.5, 0.6) is 0 Å². The van der Waals surface area contributed by atoms with E-state index >= 15 is 0 Å². The first-order valence-corrected chi connectivity index (χ1v) is 10.3. The van der Waals surface area contributed by atoms with E-state index in [0.29, 0.717) is 0 Å². The highest BCUT2D eigenvalue weighted by atomic mass is 15.4. The van der Waals surface area contributed by atoms with Crippen molar-refractivity contribution in [1.82, 2.24) is 15.0 Å². The van der Waals surface area contributed by atoms with Crippen LogP contribution in [0.25, 0.3) is 39.0 Å². The van der Waals surface area contributed by atoms with E-state index in [1.54, 1.807) is 0 Å². The summed E-state index contributed by atoms with van der Waals surface area (Å²) in [5.74, 6) is 0. The standard InChI is InChI=1S/C27H21N3/c1-27(2)23-8-4-3-7-21(23)22-16-13-19(17-24(22)27)18-11-14-20(15-12-18)30-26-10-6-5-9-25(26)28-29-30/h3-17H,1-2H3. The number of nitrogens with zero attached hydrogens (tertiary/aromatic N) is 3. The van der Waals surface area contributed by atoms with Gasteiger partial charge >= 0.3 is 0 Å². The lowest BCUT2D eigenvalue weighted by atomic mass is 9.81. The van der Waals surface area contributed by atoms with Crippen molar-refractivity contribution in [3.05, 3.63) is 102 Å². The molecule has 30 heavy (non-hydrogen) atoms. The first-order valence-electron chi connectivity index (χ1n) is 10.3. The van der Waals surface area contributed by atoms with Gasteiger partial charge in [-0.05, 0) is 63.7 Å². The van der Waals surface area contributed by atoms with Crippen LogP contribution in [0, 0.1) is 0 Å². The summed E-state index contributed by atoms with van der Waals surface area (Å²) >= 11 is 0. The number of hydrogen-bond donors (Lipinski definition) is 0. The van der Waals surface area contributed by atoms with Gasteiger partial charge in [0.25, 0.3) is 0 Å². The lowest BCUT2D eigenvalue weighted by Crippen LogP contribution is -2.14. The second-order valence-corrected chi connectivity index (χ2v) is 8.47. The molecule has 3 nitrogen and oxygen atoms in total. The van der Waals surface area contributed by atoms with Crippen molar-refractivity contribution < 1.29 is 0 Å². The van der Waals surface area contributed by atoms with Crippen LogP contribution in [-0.2, 0) is 5.41 Å². The number of rotatable bonds is 2. The van der Waals surface area contributed by atoms with E-state index in [0.717, 1.165) is 16.7 Å². The average Bonchev–Trinajstić information content (AvgIpc) is 3.32. The molecule has 6 rings (SSSR count). The molecule has 0 N–H and O–H groups in total. The second kappa shape index (κ2) is 6.14. The highest BCUT2D eigenvalue weighted by Gasteiger charge is 2.35. The van der Waals surface area contributed by atoms with Crippen molar-refractivity contribution in [3.8, 4) is 27.9 Å². The van der Waals surface area contributed by atoms with Gasteiger partial charge in [-0.15, -0.1) is 5.10 Å². The molecule has 3 heteroatoms. The van der Waals surface area contributed by atoms with Gasteiger partial charge in [-0.2, -0.15) is 0 Å². The van der Waals surface area contributed by atoms with Gasteiger partial charge in [-0.3, -0.25) is 0 Å². The summed E-state index contributed by atoms with van der Waals surface area (Å²) in [7, 11) is 0. The predicted molar refractivity (Wildman–Crippen MR) is 122 cm³/mol. The van der Waals surface area contributed by atoms with Crippen LogP contribution in [0.2, 0.25) is 0 Å². The van der Waals surface area contributed by atoms with E-state index in [9.17, 15) is 0 Å². The lowest BCUT2D eigenvalue weighted by molar-refractivity contribution is 0.660. The van der Waals surface area contributed by atoms with Gasteiger partial charge in [0.05, 0.1) is 11.2 Å². The second-order valence-electron chi connectivity index (χ2n) is 8.47. The van der Waals surface area contributed by atoms with Gasteiger partial charge in [0.2, 0.25) is 0 Å². The van der Waals surface area contributed by atoms with Gasteiger partial charge < -0.3 is 0 Å². The minimum atomic E-state index is 0.0154. The average molecular weight is 387 g/mol. The van der Waals surface area contributed by atoms with Crippen LogP contribution in [-0.4, -0.2) is 15.0 Å². The Hall–Kier alpha value is -3.72. The monoisotopic (exact) mass is 387 g/mol. The number of hydrogen-bond acceptors (Lipinski definition) is 2. The number of para-hydroxylation sites is 1. The first-order chi connectivity index (χ1) is 14.6. The molecule has 1 aromatic heterocycles. The van der Waals surface area contributed by atoms with Crippen LogP contribution in [0.1, 0.15) is 25.0 Å². The quantitative estimate of drug-likeness (QED) is 0.351. The summed E-state index contributed by atoms with van der Waals surface area (Å²) in [6.07, 6.45) is 0. The zero-order valence-electron chi connectivity index (χ0n) is 17.0. The first kappa shape index (κ1) is 17.2. The fourth-order valence-corrected chi connectivity index (χ4v) is 4.74. The molecule has 0 unspecified atom stereocenters. The zero-order valence-corrected chi connectivity index (χ0v) is 17.0. The van der Waals surface area contributed by atoms with Gasteiger partial charge in [0.1, 0.15) is 5.52 Å². The Labute approximate surface area is 175 Å². The van der Waals surface area contributed by atoms with Crippen molar-refractivity contribution in [3.63, 3.8) is 0 Å². The lowest BCUT2D eigenvalue weighted by Gasteiger charge is -2.22. The van der Waals surface area contributed by atoms with E-state index < -0.39 is 0 Å². The highest BCUT2D eigenvalue weighted by Crippen LogP contribution is 2.49. The van der Waals surface area contributed by atoms with Crippen molar-refractivity contribution in [2.75, 3.05) is 0 Å². The molecule has 0 radical (unpaired) electrons. The third-order valence-corrected chi connectivity index (χ3v) is 6.38. The van der Waals surface area contributed by atoms with Gasteiger partial charge in [0.15, 0.2) is 0 Å². The molecule has 0 aliphatic heterocycles. The van der Waals surface area contributed by atoms with E-state index in [-0.39, 0.29) is 5.41 Å². The summed E-state index contributed by atoms with van der Waals surface area (Å²) in [5, 5.41) is 8.59. The molecule has 144 valence electrons. The summed E-state index contributed by atoms with van der Waals surface area (Å²) < 4.78 is 1.89. The number of fused-ring (bicyclic) bond motifs is 4. The fourth-order valence-electron chi connectivity index (χ4n) is 4.74. The predicted octanol–water partition coefficient (Wildman–Crippen LogP) is 6.39. The molecule has 1 aliphatic rings. The van der Waals surface area contributed by atoms with E-state index in [1.807, 2.05) is 28.9 Å². The molecule has 0 fully saturated rings. The van der Waals surface area contributed by atoms with Crippen molar-refractivity contribution in [2.45, 2.75) is 19.3 Å². The molecule has 1 aliphatic carbocycles.